The maximum Gasteiger partial charge on any atom is 0.320 e. The van der Waals surface area contributed by atoms with E-state index >= 15 is 0 Å². The minimum Gasteiger partial charge on any atom is -0.480 e. The summed E-state index contributed by atoms with van der Waals surface area (Å²) in [7, 11) is -1.94. The Morgan fingerprint density at radius 3 is 1.59 bits per heavy atom. The second-order valence-electron chi connectivity index (χ2n) is 7.83. The number of carbonyl (C=O) groups is 1. The fourth-order valence-electron chi connectivity index (χ4n) is 3.91. The van der Waals surface area contributed by atoms with E-state index in [1.807, 2.05) is 6.26 Å². The number of benzene rings is 3. The summed E-state index contributed by atoms with van der Waals surface area (Å²) in [5.41, 5.74) is 5.19. The zero-order valence-corrected chi connectivity index (χ0v) is 20.9. The number of hydrogen-bond donors (Lipinski definition) is 2. The molecule has 3 aromatic carbocycles. The molecule has 0 saturated heterocycles. The first-order valence-electron chi connectivity index (χ1n) is 11.2. The summed E-state index contributed by atoms with van der Waals surface area (Å²) < 4.78 is 0. The number of nitrogens with two attached hydrogens (primary N) is 1. The van der Waals surface area contributed by atoms with Crippen molar-refractivity contribution in [1.29, 1.82) is 0 Å². The normalized spacial score (nSPS) is 12.3. The fraction of sp³-hybridized carbons (Fsp3) is 0.296. The predicted octanol–water partition coefficient (Wildman–Crippen LogP) is 4.66. The van der Waals surface area contributed by atoms with Crippen molar-refractivity contribution in [3.63, 3.8) is 0 Å². The van der Waals surface area contributed by atoms with Gasteiger partial charge >= 0.3 is 146 Å². The molecule has 0 amide bonds. The van der Waals surface area contributed by atoms with E-state index in [4.69, 9.17) is 10.8 Å². The van der Waals surface area contributed by atoms with Crippen molar-refractivity contribution < 1.29 is 9.90 Å². The van der Waals surface area contributed by atoms with Crippen LogP contribution in [0.3, 0.4) is 0 Å². The van der Waals surface area contributed by atoms with Crippen LogP contribution in [0.15, 0.2) is 91.0 Å². The molecule has 5 heteroatoms. The third-order valence-electron chi connectivity index (χ3n) is 5.66. The molecule has 0 saturated carbocycles. The Morgan fingerprint density at radius 2 is 1.28 bits per heavy atom. The molecule has 0 radical (unpaired) electrons. The molecule has 0 aliphatic rings. The van der Waals surface area contributed by atoms with Crippen molar-refractivity contribution in [3.05, 3.63) is 91.0 Å². The molecule has 172 valence electrons. The minimum atomic E-state index is -1.94. The first-order valence-corrected chi connectivity index (χ1v) is 14.8. The maximum absolute atomic E-state index is 10.1. The van der Waals surface area contributed by atoms with Crippen LogP contribution < -0.4 is 21.6 Å². The molecule has 1 atom stereocenters. The van der Waals surface area contributed by atoms with E-state index in [1.165, 1.54) is 34.9 Å². The van der Waals surface area contributed by atoms with Gasteiger partial charge in [-0.1, -0.05) is 0 Å². The monoisotopic (exact) mass is 469 g/mol. The summed E-state index contributed by atoms with van der Waals surface area (Å²) in [6.07, 6.45) is 6.25. The van der Waals surface area contributed by atoms with E-state index < -0.39 is 19.3 Å². The third kappa shape index (κ3) is 7.20. The van der Waals surface area contributed by atoms with E-state index in [1.54, 1.807) is 11.8 Å². The van der Waals surface area contributed by atoms with Crippen LogP contribution in [0.5, 0.6) is 0 Å². The van der Waals surface area contributed by atoms with Crippen LogP contribution in [0, 0.1) is 0 Å². The number of thioether (sulfide) groups is 1. The largest absolute Gasteiger partial charge is 0.480 e. The molecular formula is C27H36NO2PS. The van der Waals surface area contributed by atoms with Crippen molar-refractivity contribution in [2.45, 2.75) is 32.2 Å². The van der Waals surface area contributed by atoms with Gasteiger partial charge in [-0.05, 0) is 18.4 Å². The number of carboxylic acid groups (broad SMARTS) is 1. The molecule has 0 spiro atoms. The van der Waals surface area contributed by atoms with E-state index in [2.05, 4.69) is 97.9 Å². The molecule has 3 nitrogen and oxygen atoms in total. The van der Waals surface area contributed by atoms with E-state index in [9.17, 15) is 4.79 Å². The molecule has 0 aromatic heterocycles. The molecule has 3 N–H and O–H groups in total. The van der Waals surface area contributed by atoms with Crippen molar-refractivity contribution in [2.75, 3.05) is 18.2 Å². The quantitative estimate of drug-likeness (QED) is 0.424. The average molecular weight is 470 g/mol. The molecule has 1 unspecified atom stereocenters. The zero-order chi connectivity index (χ0) is 23.2. The number of rotatable bonds is 10. The first-order chi connectivity index (χ1) is 15.6. The fourth-order valence-corrected chi connectivity index (χ4v) is 9.44. The van der Waals surface area contributed by atoms with Gasteiger partial charge in [0.05, 0.1) is 0 Å². The third-order valence-corrected chi connectivity index (χ3v) is 11.4. The number of hydrogen-bond acceptors (Lipinski definition) is 3. The van der Waals surface area contributed by atoms with Crippen molar-refractivity contribution >= 4 is 40.9 Å². The molecule has 3 rings (SSSR count). The molecule has 0 aliphatic heterocycles. The van der Waals surface area contributed by atoms with E-state index in [0.717, 1.165) is 5.75 Å². The van der Waals surface area contributed by atoms with Gasteiger partial charge in [0.2, 0.25) is 0 Å². The van der Waals surface area contributed by atoms with Gasteiger partial charge in [-0.15, -0.1) is 0 Å². The van der Waals surface area contributed by atoms with Crippen LogP contribution >= 0.6 is 19.0 Å². The van der Waals surface area contributed by atoms with E-state index in [-0.39, 0.29) is 0 Å². The number of carboxylic acids is 1. The van der Waals surface area contributed by atoms with Crippen molar-refractivity contribution in [2.24, 2.45) is 5.73 Å². The Balaban J connectivity index is 0.000000344. The molecular weight excluding hydrogens is 433 g/mol. The van der Waals surface area contributed by atoms with Crippen LogP contribution in [-0.2, 0) is 4.79 Å². The Bertz CT molecular complexity index is 810. The molecule has 32 heavy (non-hydrogen) atoms. The van der Waals surface area contributed by atoms with Gasteiger partial charge in [0.1, 0.15) is 6.04 Å². The van der Waals surface area contributed by atoms with Crippen LogP contribution in [0.1, 0.15) is 26.2 Å². The zero-order valence-electron chi connectivity index (χ0n) is 19.1. The van der Waals surface area contributed by atoms with Crippen LogP contribution in [-0.4, -0.2) is 35.3 Å². The topological polar surface area (TPSA) is 63.3 Å². The summed E-state index contributed by atoms with van der Waals surface area (Å²) in [4.78, 5) is 10.1. The van der Waals surface area contributed by atoms with Gasteiger partial charge < -0.3 is 10.8 Å². The Morgan fingerprint density at radius 1 is 0.875 bits per heavy atom. The Labute approximate surface area is 197 Å². The second kappa shape index (κ2) is 14.1. The summed E-state index contributed by atoms with van der Waals surface area (Å²) in [5.74, 6) is -0.1000. The Hall–Kier alpha value is -2.13. The van der Waals surface area contributed by atoms with Crippen molar-refractivity contribution in [3.8, 4) is 0 Å². The average Bonchev–Trinajstić information content (AvgIpc) is 2.85. The maximum atomic E-state index is 10.1. The van der Waals surface area contributed by atoms with Gasteiger partial charge in [-0.3, -0.25) is 4.79 Å². The summed E-state index contributed by atoms with van der Waals surface area (Å²) in [6, 6.07) is 32.8. The minimum absolute atomic E-state index is 0.552. The molecule has 0 bridgehead atoms. The number of unbranched alkanes of at least 4 members (excludes halogenated alkanes) is 1. The van der Waals surface area contributed by atoms with Crippen LogP contribution in [0.4, 0.5) is 0 Å². The summed E-state index contributed by atoms with van der Waals surface area (Å²) in [5, 5.41) is 12.8. The van der Waals surface area contributed by atoms with Gasteiger partial charge in [-0.25, -0.2) is 0 Å². The predicted molar refractivity (Wildman–Crippen MR) is 145 cm³/mol. The van der Waals surface area contributed by atoms with Gasteiger partial charge in [0, 0.05) is 0 Å². The van der Waals surface area contributed by atoms with E-state index in [0.29, 0.717) is 6.42 Å². The second-order valence-corrected chi connectivity index (χ2v) is 12.9. The Kier molecular flexibility index (Phi) is 11.5. The van der Waals surface area contributed by atoms with Gasteiger partial charge in [0.25, 0.3) is 0 Å². The van der Waals surface area contributed by atoms with Crippen LogP contribution in [0.2, 0.25) is 0 Å². The summed E-state index contributed by atoms with van der Waals surface area (Å²) >= 11 is 1.60. The van der Waals surface area contributed by atoms with Gasteiger partial charge in [-0.2, -0.15) is 11.8 Å². The smallest absolute Gasteiger partial charge is 0.320 e. The van der Waals surface area contributed by atoms with Crippen molar-refractivity contribution in [1.82, 2.24) is 0 Å². The summed E-state index contributed by atoms with van der Waals surface area (Å²) in [6.45, 7) is 2.29. The number of aliphatic carboxylic acids is 1. The molecule has 3 aromatic rings. The molecule has 0 fully saturated rings. The molecule has 0 heterocycles. The standard InChI is InChI=1S/C22H25P.C5H11NO2S/c1-2-3-19-23(20-13-7-4-8-14-20,21-15-9-5-10-16-21)22-17-11-6-12-18-22;1-9-3-2-4(6)5(7)8/h4-18,23H,2-3,19H2,1H3;4H,2-3,6H2,1H3,(H,7,8). The molecule has 0 aliphatic carbocycles. The van der Waals surface area contributed by atoms with Gasteiger partial charge in [0.15, 0.2) is 0 Å². The SMILES string of the molecule is CCCC[PH](c1ccccc1)(c1ccccc1)c1ccccc1.CSCCC(N)C(=O)O. The van der Waals surface area contributed by atoms with Crippen LogP contribution in [0.25, 0.3) is 0 Å². The first kappa shape index (κ1) is 26.1.